The molecule has 1 saturated heterocycles. The summed E-state index contributed by atoms with van der Waals surface area (Å²) in [5.74, 6) is -0.198. The van der Waals surface area contributed by atoms with E-state index in [4.69, 9.17) is 4.74 Å². The number of carboxylic acid groups (broad SMARTS) is 1. The van der Waals surface area contributed by atoms with Gasteiger partial charge in [0.25, 0.3) is 0 Å². The molecule has 0 radical (unpaired) electrons. The van der Waals surface area contributed by atoms with Crippen LogP contribution in [0, 0.1) is 6.92 Å². The predicted molar refractivity (Wildman–Crippen MR) is 89.4 cm³/mol. The van der Waals surface area contributed by atoms with Crippen LogP contribution in [-0.4, -0.2) is 72.2 Å². The largest absolute Gasteiger partial charge is 0.492 e. The summed E-state index contributed by atoms with van der Waals surface area (Å²) in [7, 11) is 2.14. The van der Waals surface area contributed by atoms with Crippen LogP contribution in [-0.2, 0) is 0 Å². The summed E-state index contributed by atoms with van der Waals surface area (Å²) in [5, 5.41) is 10.0. The second-order valence-electron chi connectivity index (χ2n) is 6.13. The molecule has 0 amide bonds. The number of rotatable bonds is 5. The number of likely N-dealkylation sites (N-methyl/N-ethyl adjacent to an activating group) is 1. The maximum atomic E-state index is 11.4. The monoisotopic (exact) mass is 317 g/mol. The van der Waals surface area contributed by atoms with Gasteiger partial charge in [-0.15, -0.1) is 0 Å². The highest BCUT2D eigenvalue weighted by molar-refractivity contribution is 6.05. The molecule has 2 heterocycles. The third-order valence-corrected chi connectivity index (χ3v) is 4.44. The van der Waals surface area contributed by atoms with Gasteiger partial charge in [-0.25, -0.2) is 4.79 Å². The number of aromatic amines is 1. The molecule has 1 aliphatic heterocycles. The molecule has 1 aromatic heterocycles. The predicted octanol–water partition coefficient (Wildman–Crippen LogP) is 1.80. The van der Waals surface area contributed by atoms with Crippen molar-refractivity contribution in [2.75, 3.05) is 46.4 Å². The molecule has 2 N–H and O–H groups in total. The molecule has 6 heteroatoms. The lowest BCUT2D eigenvalue weighted by molar-refractivity contribution is 0.0698. The second-order valence-corrected chi connectivity index (χ2v) is 6.13. The fourth-order valence-electron chi connectivity index (χ4n) is 3.04. The van der Waals surface area contributed by atoms with Gasteiger partial charge in [-0.3, -0.25) is 4.90 Å². The summed E-state index contributed by atoms with van der Waals surface area (Å²) < 4.78 is 5.83. The van der Waals surface area contributed by atoms with E-state index in [0.29, 0.717) is 29.0 Å². The summed E-state index contributed by atoms with van der Waals surface area (Å²) >= 11 is 0. The van der Waals surface area contributed by atoms with E-state index in [9.17, 15) is 9.90 Å². The number of fused-ring (bicyclic) bond motifs is 1. The Morgan fingerprint density at radius 1 is 1.30 bits per heavy atom. The number of aromatic carboxylic acids is 1. The Labute approximate surface area is 135 Å². The average molecular weight is 317 g/mol. The first-order valence-corrected chi connectivity index (χ1v) is 7.94. The van der Waals surface area contributed by atoms with Crippen LogP contribution in [0.25, 0.3) is 10.9 Å². The van der Waals surface area contributed by atoms with E-state index < -0.39 is 5.97 Å². The van der Waals surface area contributed by atoms with Crippen molar-refractivity contribution < 1.29 is 14.6 Å². The Hall–Kier alpha value is -2.05. The number of carboxylic acids is 1. The number of ether oxygens (including phenoxy) is 1. The molecule has 2 aromatic rings. The summed E-state index contributed by atoms with van der Waals surface area (Å²) in [4.78, 5) is 19.2. The molecule has 0 unspecified atom stereocenters. The van der Waals surface area contributed by atoms with Crippen molar-refractivity contribution in [3.05, 3.63) is 29.5 Å². The van der Waals surface area contributed by atoms with Crippen molar-refractivity contribution >= 4 is 16.9 Å². The number of benzene rings is 1. The number of aryl methyl sites for hydroxylation is 1. The zero-order valence-corrected chi connectivity index (χ0v) is 13.6. The van der Waals surface area contributed by atoms with E-state index >= 15 is 0 Å². The summed E-state index contributed by atoms with van der Waals surface area (Å²) in [6, 6.07) is 5.57. The van der Waals surface area contributed by atoms with Gasteiger partial charge in [0.05, 0.1) is 5.56 Å². The van der Waals surface area contributed by atoms with Gasteiger partial charge in [-0.1, -0.05) is 0 Å². The van der Waals surface area contributed by atoms with Gasteiger partial charge in [0, 0.05) is 49.3 Å². The van der Waals surface area contributed by atoms with E-state index in [2.05, 4.69) is 21.8 Å². The van der Waals surface area contributed by atoms with Crippen LogP contribution in [0.2, 0.25) is 0 Å². The Kier molecular flexibility index (Phi) is 4.54. The minimum Gasteiger partial charge on any atom is -0.492 e. The topological polar surface area (TPSA) is 68.8 Å². The van der Waals surface area contributed by atoms with Gasteiger partial charge in [0.2, 0.25) is 0 Å². The molecule has 1 aromatic carbocycles. The third kappa shape index (κ3) is 3.48. The third-order valence-electron chi connectivity index (χ3n) is 4.44. The van der Waals surface area contributed by atoms with Gasteiger partial charge in [0.15, 0.2) is 0 Å². The maximum absolute atomic E-state index is 11.4. The first-order chi connectivity index (χ1) is 11.0. The van der Waals surface area contributed by atoms with Crippen LogP contribution in [0.5, 0.6) is 5.75 Å². The molecule has 0 atom stereocenters. The number of H-pyrrole nitrogens is 1. The zero-order chi connectivity index (χ0) is 16.4. The zero-order valence-electron chi connectivity index (χ0n) is 13.6. The fraction of sp³-hybridized carbons (Fsp3) is 0.471. The number of hydrogen-bond donors (Lipinski definition) is 2. The quantitative estimate of drug-likeness (QED) is 0.880. The lowest BCUT2D eigenvalue weighted by atomic mass is 10.1. The summed E-state index contributed by atoms with van der Waals surface area (Å²) in [6.45, 7) is 7.60. The molecule has 0 aliphatic carbocycles. The van der Waals surface area contributed by atoms with Gasteiger partial charge in [0.1, 0.15) is 12.4 Å². The van der Waals surface area contributed by atoms with Crippen molar-refractivity contribution in [3.8, 4) is 5.75 Å². The number of hydrogen-bond acceptors (Lipinski definition) is 4. The van der Waals surface area contributed by atoms with E-state index in [0.717, 1.165) is 38.2 Å². The Morgan fingerprint density at radius 2 is 2.04 bits per heavy atom. The van der Waals surface area contributed by atoms with Crippen molar-refractivity contribution in [1.29, 1.82) is 0 Å². The summed E-state index contributed by atoms with van der Waals surface area (Å²) in [6.07, 6.45) is 0. The standard InChI is InChI=1S/C17H23N3O3/c1-12-16(17(21)22)14-11-13(3-4-15(14)18-12)23-10-9-20-7-5-19(2)6-8-20/h3-4,11,18H,5-10H2,1-2H3,(H,21,22). The molecule has 23 heavy (non-hydrogen) atoms. The van der Waals surface area contributed by atoms with Crippen molar-refractivity contribution in [2.45, 2.75) is 6.92 Å². The molecule has 0 spiro atoms. The van der Waals surface area contributed by atoms with Crippen LogP contribution >= 0.6 is 0 Å². The van der Waals surface area contributed by atoms with Crippen LogP contribution in [0.1, 0.15) is 16.1 Å². The van der Waals surface area contributed by atoms with E-state index in [-0.39, 0.29) is 0 Å². The number of aromatic nitrogens is 1. The second kappa shape index (κ2) is 6.60. The minimum absolute atomic E-state index is 0.324. The molecule has 0 bridgehead atoms. The smallest absolute Gasteiger partial charge is 0.338 e. The maximum Gasteiger partial charge on any atom is 0.338 e. The molecule has 124 valence electrons. The Bertz CT molecular complexity index is 702. The number of nitrogens with zero attached hydrogens (tertiary/aromatic N) is 2. The molecular weight excluding hydrogens is 294 g/mol. The lowest BCUT2D eigenvalue weighted by Crippen LogP contribution is -2.45. The minimum atomic E-state index is -0.914. The highest BCUT2D eigenvalue weighted by atomic mass is 16.5. The normalized spacial score (nSPS) is 16.8. The van der Waals surface area contributed by atoms with Gasteiger partial charge in [-0.2, -0.15) is 0 Å². The van der Waals surface area contributed by atoms with Crippen LogP contribution in [0.3, 0.4) is 0 Å². The van der Waals surface area contributed by atoms with Gasteiger partial charge in [-0.05, 0) is 32.2 Å². The average Bonchev–Trinajstić information content (AvgIpc) is 2.84. The number of piperazine rings is 1. The van der Waals surface area contributed by atoms with E-state index in [1.54, 1.807) is 6.92 Å². The molecule has 1 aliphatic rings. The summed E-state index contributed by atoms with van der Waals surface area (Å²) in [5.41, 5.74) is 1.82. The van der Waals surface area contributed by atoms with Gasteiger partial charge < -0.3 is 19.7 Å². The fourth-order valence-corrected chi connectivity index (χ4v) is 3.04. The number of carbonyl (C=O) groups is 1. The highest BCUT2D eigenvalue weighted by Crippen LogP contribution is 2.26. The lowest BCUT2D eigenvalue weighted by Gasteiger charge is -2.32. The molecule has 6 nitrogen and oxygen atoms in total. The molecule has 0 saturated carbocycles. The van der Waals surface area contributed by atoms with Crippen LogP contribution in [0.4, 0.5) is 0 Å². The van der Waals surface area contributed by atoms with Crippen molar-refractivity contribution in [2.24, 2.45) is 0 Å². The SMILES string of the molecule is Cc1[nH]c2ccc(OCCN3CCN(C)CC3)cc2c1C(=O)O. The first kappa shape index (κ1) is 15.8. The van der Waals surface area contributed by atoms with Gasteiger partial charge >= 0.3 is 5.97 Å². The molecular formula is C17H23N3O3. The molecule has 1 fully saturated rings. The Morgan fingerprint density at radius 3 is 2.74 bits per heavy atom. The number of nitrogens with one attached hydrogen (secondary N) is 1. The Balaban J connectivity index is 1.64. The highest BCUT2D eigenvalue weighted by Gasteiger charge is 2.16. The van der Waals surface area contributed by atoms with E-state index in [1.165, 1.54) is 0 Å². The van der Waals surface area contributed by atoms with Crippen LogP contribution in [0.15, 0.2) is 18.2 Å². The van der Waals surface area contributed by atoms with Crippen molar-refractivity contribution in [3.63, 3.8) is 0 Å². The van der Waals surface area contributed by atoms with Crippen LogP contribution < -0.4 is 4.74 Å². The van der Waals surface area contributed by atoms with Crippen molar-refractivity contribution in [1.82, 2.24) is 14.8 Å². The van der Waals surface area contributed by atoms with E-state index in [1.807, 2.05) is 18.2 Å². The molecule has 3 rings (SSSR count). The first-order valence-electron chi connectivity index (χ1n) is 7.94.